The van der Waals surface area contributed by atoms with Crippen molar-refractivity contribution in [3.63, 3.8) is 0 Å². The normalized spacial score (nSPS) is 18.3. The van der Waals surface area contributed by atoms with E-state index in [1.54, 1.807) is 12.5 Å². The SMILES string of the molecule is CC(C)c1n[nH]c([C@H]2CN(C(=O)CCCn3ccnc3)CCO2)n1. The Bertz CT molecular complexity index is 651. The number of aryl methyl sites for hydroxylation is 1. The Hall–Kier alpha value is -2.22. The summed E-state index contributed by atoms with van der Waals surface area (Å²) < 4.78 is 7.74. The van der Waals surface area contributed by atoms with E-state index in [2.05, 4.69) is 20.2 Å². The van der Waals surface area contributed by atoms with Crippen LogP contribution in [0.2, 0.25) is 0 Å². The van der Waals surface area contributed by atoms with E-state index in [1.807, 2.05) is 29.5 Å². The van der Waals surface area contributed by atoms with Gasteiger partial charge < -0.3 is 14.2 Å². The van der Waals surface area contributed by atoms with Crippen LogP contribution in [0.3, 0.4) is 0 Å². The minimum Gasteiger partial charge on any atom is -0.367 e. The van der Waals surface area contributed by atoms with Gasteiger partial charge in [0.25, 0.3) is 0 Å². The van der Waals surface area contributed by atoms with Gasteiger partial charge in [0.2, 0.25) is 5.91 Å². The van der Waals surface area contributed by atoms with E-state index >= 15 is 0 Å². The number of aromatic amines is 1. The molecule has 2 aromatic rings. The molecule has 1 N–H and O–H groups in total. The van der Waals surface area contributed by atoms with Gasteiger partial charge in [-0.2, -0.15) is 5.10 Å². The van der Waals surface area contributed by atoms with E-state index in [1.165, 1.54) is 0 Å². The molecule has 0 radical (unpaired) electrons. The number of rotatable bonds is 6. The number of amides is 1. The summed E-state index contributed by atoms with van der Waals surface area (Å²) in [6, 6.07) is 0. The zero-order valence-electron chi connectivity index (χ0n) is 14.2. The van der Waals surface area contributed by atoms with Crippen LogP contribution in [0.4, 0.5) is 0 Å². The van der Waals surface area contributed by atoms with Crippen LogP contribution in [0.25, 0.3) is 0 Å². The second-order valence-corrected chi connectivity index (χ2v) is 6.34. The molecule has 0 aliphatic carbocycles. The molecule has 0 aromatic carbocycles. The lowest BCUT2D eigenvalue weighted by molar-refractivity contribution is -0.139. The molecular weight excluding hydrogens is 308 g/mol. The summed E-state index contributed by atoms with van der Waals surface area (Å²) in [5.74, 6) is 1.90. The molecule has 1 amide bonds. The summed E-state index contributed by atoms with van der Waals surface area (Å²) >= 11 is 0. The molecule has 0 bridgehead atoms. The first-order valence-corrected chi connectivity index (χ1v) is 8.41. The Balaban J connectivity index is 1.51. The first-order chi connectivity index (χ1) is 11.6. The number of H-pyrrole nitrogens is 1. The predicted octanol–water partition coefficient (Wildman–Crippen LogP) is 1.50. The van der Waals surface area contributed by atoms with Gasteiger partial charge in [0.05, 0.1) is 19.5 Å². The topological polar surface area (TPSA) is 88.9 Å². The number of nitrogens with zero attached hydrogens (tertiary/aromatic N) is 5. The van der Waals surface area contributed by atoms with Crippen molar-refractivity contribution in [2.75, 3.05) is 19.7 Å². The fraction of sp³-hybridized carbons (Fsp3) is 0.625. The Morgan fingerprint density at radius 2 is 2.38 bits per heavy atom. The van der Waals surface area contributed by atoms with Crippen LogP contribution in [-0.4, -0.2) is 55.2 Å². The molecule has 2 aromatic heterocycles. The molecule has 3 heterocycles. The van der Waals surface area contributed by atoms with Crippen LogP contribution in [-0.2, 0) is 16.1 Å². The molecule has 1 aliphatic rings. The number of imidazole rings is 1. The molecule has 24 heavy (non-hydrogen) atoms. The first-order valence-electron chi connectivity index (χ1n) is 8.41. The van der Waals surface area contributed by atoms with Crippen molar-refractivity contribution >= 4 is 5.91 Å². The van der Waals surface area contributed by atoms with E-state index in [4.69, 9.17) is 4.74 Å². The second-order valence-electron chi connectivity index (χ2n) is 6.34. The molecule has 8 nitrogen and oxygen atoms in total. The van der Waals surface area contributed by atoms with E-state index in [9.17, 15) is 4.79 Å². The lowest BCUT2D eigenvalue weighted by Crippen LogP contribution is -2.42. The van der Waals surface area contributed by atoms with Crippen molar-refractivity contribution in [2.45, 2.75) is 45.3 Å². The van der Waals surface area contributed by atoms with Gasteiger partial charge in [0, 0.05) is 37.8 Å². The average Bonchev–Trinajstić information content (AvgIpc) is 3.26. The van der Waals surface area contributed by atoms with E-state index in [0.29, 0.717) is 31.9 Å². The molecular formula is C16H24N6O2. The van der Waals surface area contributed by atoms with Crippen molar-refractivity contribution < 1.29 is 9.53 Å². The highest BCUT2D eigenvalue weighted by molar-refractivity contribution is 5.76. The van der Waals surface area contributed by atoms with Crippen molar-refractivity contribution in [2.24, 2.45) is 0 Å². The minimum absolute atomic E-state index is 0.159. The van der Waals surface area contributed by atoms with Gasteiger partial charge in [-0.1, -0.05) is 13.8 Å². The molecule has 1 aliphatic heterocycles. The minimum atomic E-state index is -0.226. The third-order valence-electron chi connectivity index (χ3n) is 4.13. The maximum Gasteiger partial charge on any atom is 0.222 e. The monoisotopic (exact) mass is 332 g/mol. The number of aromatic nitrogens is 5. The van der Waals surface area contributed by atoms with E-state index in [-0.39, 0.29) is 17.9 Å². The van der Waals surface area contributed by atoms with Crippen LogP contribution in [0.15, 0.2) is 18.7 Å². The quantitative estimate of drug-likeness (QED) is 0.866. The number of ether oxygens (including phenoxy) is 1. The van der Waals surface area contributed by atoms with Crippen molar-refractivity contribution in [3.8, 4) is 0 Å². The number of nitrogens with one attached hydrogen (secondary N) is 1. The predicted molar refractivity (Wildman–Crippen MR) is 87.2 cm³/mol. The van der Waals surface area contributed by atoms with Crippen LogP contribution >= 0.6 is 0 Å². The van der Waals surface area contributed by atoms with Crippen LogP contribution in [0, 0.1) is 0 Å². The average molecular weight is 332 g/mol. The maximum atomic E-state index is 12.4. The Kier molecular flexibility index (Phi) is 5.24. The van der Waals surface area contributed by atoms with E-state index < -0.39 is 0 Å². The summed E-state index contributed by atoms with van der Waals surface area (Å²) in [7, 11) is 0. The largest absolute Gasteiger partial charge is 0.367 e. The highest BCUT2D eigenvalue weighted by Crippen LogP contribution is 2.21. The van der Waals surface area contributed by atoms with Crippen molar-refractivity contribution in [3.05, 3.63) is 30.4 Å². The molecule has 0 spiro atoms. The summed E-state index contributed by atoms with van der Waals surface area (Å²) in [4.78, 5) is 22.8. The van der Waals surface area contributed by atoms with Gasteiger partial charge in [-0.05, 0) is 6.42 Å². The fourth-order valence-electron chi connectivity index (χ4n) is 2.72. The van der Waals surface area contributed by atoms with Gasteiger partial charge in [0.1, 0.15) is 6.10 Å². The first kappa shape index (κ1) is 16.6. The molecule has 1 atom stereocenters. The molecule has 130 valence electrons. The number of carbonyl (C=O) groups excluding carboxylic acids is 1. The number of hydrogen-bond acceptors (Lipinski definition) is 5. The van der Waals surface area contributed by atoms with Crippen molar-refractivity contribution in [1.29, 1.82) is 0 Å². The van der Waals surface area contributed by atoms with E-state index in [0.717, 1.165) is 18.8 Å². The summed E-state index contributed by atoms with van der Waals surface area (Å²) in [6.45, 7) is 6.58. The van der Waals surface area contributed by atoms with Gasteiger partial charge in [-0.25, -0.2) is 9.97 Å². The van der Waals surface area contributed by atoms with Crippen molar-refractivity contribution in [1.82, 2.24) is 29.6 Å². The van der Waals surface area contributed by atoms with Crippen LogP contribution < -0.4 is 0 Å². The van der Waals surface area contributed by atoms with Gasteiger partial charge in [-0.3, -0.25) is 9.89 Å². The zero-order chi connectivity index (χ0) is 16.9. The summed E-state index contributed by atoms with van der Waals surface area (Å²) in [6.07, 6.45) is 6.53. The standard InChI is InChI=1S/C16H24N6O2/c1-12(2)15-18-16(20-19-15)13-10-22(8-9-24-13)14(23)4-3-6-21-7-5-17-11-21/h5,7,11-13H,3-4,6,8-10H2,1-2H3,(H,18,19,20)/t13-/m1/s1. The highest BCUT2D eigenvalue weighted by atomic mass is 16.5. The molecule has 0 saturated carbocycles. The van der Waals surface area contributed by atoms with Gasteiger partial charge in [0.15, 0.2) is 11.6 Å². The maximum absolute atomic E-state index is 12.4. The molecule has 1 saturated heterocycles. The molecule has 0 unspecified atom stereocenters. The lowest BCUT2D eigenvalue weighted by atomic mass is 10.2. The summed E-state index contributed by atoms with van der Waals surface area (Å²) in [5, 5.41) is 7.15. The van der Waals surface area contributed by atoms with Gasteiger partial charge >= 0.3 is 0 Å². The smallest absolute Gasteiger partial charge is 0.222 e. The second kappa shape index (κ2) is 7.57. The fourth-order valence-corrected chi connectivity index (χ4v) is 2.72. The zero-order valence-corrected chi connectivity index (χ0v) is 14.2. The third-order valence-corrected chi connectivity index (χ3v) is 4.13. The number of carbonyl (C=O) groups is 1. The lowest BCUT2D eigenvalue weighted by Gasteiger charge is -2.32. The van der Waals surface area contributed by atoms with Gasteiger partial charge in [-0.15, -0.1) is 0 Å². The summed E-state index contributed by atoms with van der Waals surface area (Å²) in [5.41, 5.74) is 0. The number of morpholine rings is 1. The number of hydrogen-bond donors (Lipinski definition) is 1. The molecule has 3 rings (SSSR count). The Labute approximate surface area is 141 Å². The Morgan fingerprint density at radius 3 is 3.08 bits per heavy atom. The highest BCUT2D eigenvalue weighted by Gasteiger charge is 2.27. The Morgan fingerprint density at radius 1 is 1.50 bits per heavy atom. The van der Waals surface area contributed by atoms with Crippen LogP contribution in [0.5, 0.6) is 0 Å². The molecule has 1 fully saturated rings. The van der Waals surface area contributed by atoms with Crippen LogP contribution in [0.1, 0.15) is 50.4 Å². The molecule has 8 heteroatoms. The third kappa shape index (κ3) is 4.00.